The monoisotopic (exact) mass is 256 g/mol. The molecule has 3 rings (SSSR count). The topological polar surface area (TPSA) is 20.2 Å². The zero-order valence-electron chi connectivity index (χ0n) is 10.7. The van der Waals surface area contributed by atoms with Crippen molar-refractivity contribution in [3.8, 4) is 5.75 Å². The average molecular weight is 256 g/mol. The molecule has 1 aromatic heterocycles. The molecule has 0 aliphatic rings. The van der Waals surface area contributed by atoms with E-state index in [-0.39, 0.29) is 0 Å². The largest absolute Gasteiger partial charge is 0.507 e. The van der Waals surface area contributed by atoms with E-state index in [2.05, 4.69) is 38.1 Å². The molecule has 92 valence electrons. The number of fused-ring (bicyclic) bond motifs is 3. The van der Waals surface area contributed by atoms with Crippen LogP contribution in [0.15, 0.2) is 30.3 Å². The summed E-state index contributed by atoms with van der Waals surface area (Å²) >= 11 is 1.76. The summed E-state index contributed by atoms with van der Waals surface area (Å²) in [7, 11) is 0. The molecule has 2 aromatic carbocycles. The summed E-state index contributed by atoms with van der Waals surface area (Å²) in [5.41, 5.74) is 2.38. The first kappa shape index (κ1) is 11.5. The lowest BCUT2D eigenvalue weighted by Crippen LogP contribution is -1.91. The molecule has 0 bridgehead atoms. The molecule has 0 aliphatic carbocycles. The van der Waals surface area contributed by atoms with Crippen LogP contribution in [0.5, 0.6) is 5.75 Å². The van der Waals surface area contributed by atoms with Gasteiger partial charge in [0.05, 0.1) is 0 Å². The van der Waals surface area contributed by atoms with E-state index in [9.17, 15) is 5.11 Å². The molecule has 0 amide bonds. The van der Waals surface area contributed by atoms with Gasteiger partial charge in [-0.15, -0.1) is 11.3 Å². The van der Waals surface area contributed by atoms with Crippen molar-refractivity contribution in [2.75, 3.05) is 0 Å². The van der Waals surface area contributed by atoms with E-state index in [0.29, 0.717) is 5.75 Å². The summed E-state index contributed by atoms with van der Waals surface area (Å²) in [5.74, 6) is 0.490. The first-order valence-electron chi connectivity index (χ1n) is 6.41. The summed E-state index contributed by atoms with van der Waals surface area (Å²) < 4.78 is 2.45. The lowest BCUT2D eigenvalue weighted by atomic mass is 9.98. The average Bonchev–Trinajstić information content (AvgIpc) is 2.76. The first-order chi connectivity index (χ1) is 8.76. The molecule has 3 aromatic rings. The Hall–Kier alpha value is -1.54. The van der Waals surface area contributed by atoms with Gasteiger partial charge in [0.25, 0.3) is 0 Å². The third-order valence-corrected chi connectivity index (χ3v) is 4.69. The van der Waals surface area contributed by atoms with E-state index in [4.69, 9.17) is 0 Å². The van der Waals surface area contributed by atoms with Crippen LogP contribution >= 0.6 is 11.3 Å². The minimum Gasteiger partial charge on any atom is -0.507 e. The number of hydrogen-bond donors (Lipinski definition) is 1. The minimum atomic E-state index is 0.490. The van der Waals surface area contributed by atoms with Gasteiger partial charge in [-0.05, 0) is 36.1 Å². The minimum absolute atomic E-state index is 0.490. The number of hydrogen-bond acceptors (Lipinski definition) is 2. The van der Waals surface area contributed by atoms with Gasteiger partial charge in [0.2, 0.25) is 0 Å². The maximum atomic E-state index is 10.6. The van der Waals surface area contributed by atoms with Crippen LogP contribution < -0.4 is 0 Å². The molecule has 0 spiro atoms. The fraction of sp³-hybridized carbons (Fsp3) is 0.250. The van der Waals surface area contributed by atoms with Crippen LogP contribution in [0.25, 0.3) is 20.2 Å². The SMILES string of the molecule is CCc1cc2sc3ccccc3c2c(O)c1CC. The van der Waals surface area contributed by atoms with Crippen molar-refractivity contribution in [2.24, 2.45) is 0 Å². The van der Waals surface area contributed by atoms with Crippen LogP contribution in [0, 0.1) is 0 Å². The van der Waals surface area contributed by atoms with E-state index >= 15 is 0 Å². The van der Waals surface area contributed by atoms with Gasteiger partial charge in [-0.25, -0.2) is 0 Å². The van der Waals surface area contributed by atoms with Crippen LogP contribution in [0.4, 0.5) is 0 Å². The third-order valence-electron chi connectivity index (χ3n) is 3.57. The van der Waals surface area contributed by atoms with Gasteiger partial charge in [0, 0.05) is 20.2 Å². The Morgan fingerprint density at radius 1 is 1.06 bits per heavy atom. The quantitative estimate of drug-likeness (QED) is 0.692. The van der Waals surface area contributed by atoms with Crippen molar-refractivity contribution < 1.29 is 5.11 Å². The van der Waals surface area contributed by atoms with Crippen molar-refractivity contribution in [3.63, 3.8) is 0 Å². The van der Waals surface area contributed by atoms with Gasteiger partial charge in [0.15, 0.2) is 0 Å². The normalized spacial score (nSPS) is 11.4. The van der Waals surface area contributed by atoms with Crippen LogP contribution in [-0.2, 0) is 12.8 Å². The molecular formula is C16H16OS. The molecule has 1 nitrogen and oxygen atoms in total. The Morgan fingerprint density at radius 3 is 2.56 bits per heavy atom. The standard InChI is InChI=1S/C16H16OS/c1-3-10-9-14-15(16(17)11(10)4-2)12-7-5-6-8-13(12)18-14/h5-9,17H,3-4H2,1-2H3. The number of aryl methyl sites for hydroxylation is 1. The maximum absolute atomic E-state index is 10.6. The van der Waals surface area contributed by atoms with Gasteiger partial charge in [-0.1, -0.05) is 32.0 Å². The Morgan fingerprint density at radius 2 is 1.83 bits per heavy atom. The van der Waals surface area contributed by atoms with E-state index < -0.39 is 0 Å². The smallest absolute Gasteiger partial charge is 0.128 e. The van der Waals surface area contributed by atoms with E-state index in [1.54, 1.807) is 11.3 Å². The lowest BCUT2D eigenvalue weighted by Gasteiger charge is -2.09. The number of thiophene rings is 1. The molecule has 0 unspecified atom stereocenters. The molecule has 1 N–H and O–H groups in total. The van der Waals surface area contributed by atoms with Crippen molar-refractivity contribution in [2.45, 2.75) is 26.7 Å². The van der Waals surface area contributed by atoms with E-state index in [1.165, 1.54) is 20.3 Å². The summed E-state index contributed by atoms with van der Waals surface area (Å²) in [4.78, 5) is 0. The van der Waals surface area contributed by atoms with Crippen LogP contribution in [0.1, 0.15) is 25.0 Å². The lowest BCUT2D eigenvalue weighted by molar-refractivity contribution is 0.475. The van der Waals surface area contributed by atoms with Gasteiger partial charge in [0.1, 0.15) is 5.75 Å². The Bertz CT molecular complexity index is 725. The number of benzene rings is 2. The van der Waals surface area contributed by atoms with Crippen LogP contribution in [-0.4, -0.2) is 5.11 Å². The highest BCUT2D eigenvalue weighted by atomic mass is 32.1. The van der Waals surface area contributed by atoms with Gasteiger partial charge in [-0.2, -0.15) is 0 Å². The predicted octanol–water partition coefficient (Wildman–Crippen LogP) is 4.88. The molecule has 1 heterocycles. The molecular weight excluding hydrogens is 240 g/mol. The van der Waals surface area contributed by atoms with Crippen LogP contribution in [0.2, 0.25) is 0 Å². The van der Waals surface area contributed by atoms with Gasteiger partial charge >= 0.3 is 0 Å². The Labute approximate surface area is 111 Å². The zero-order valence-corrected chi connectivity index (χ0v) is 11.5. The van der Waals surface area contributed by atoms with Gasteiger partial charge in [-0.3, -0.25) is 0 Å². The summed E-state index contributed by atoms with van der Waals surface area (Å²) in [6.07, 6.45) is 1.86. The summed E-state index contributed by atoms with van der Waals surface area (Å²) in [6, 6.07) is 10.6. The predicted molar refractivity (Wildman–Crippen MR) is 79.8 cm³/mol. The van der Waals surface area contributed by atoms with E-state index in [0.717, 1.165) is 23.8 Å². The van der Waals surface area contributed by atoms with E-state index in [1.807, 2.05) is 6.07 Å². The highest BCUT2D eigenvalue weighted by Gasteiger charge is 2.14. The molecule has 0 radical (unpaired) electrons. The highest BCUT2D eigenvalue weighted by Crippen LogP contribution is 2.42. The number of aromatic hydroxyl groups is 1. The van der Waals surface area contributed by atoms with Gasteiger partial charge < -0.3 is 5.11 Å². The zero-order chi connectivity index (χ0) is 12.7. The first-order valence-corrected chi connectivity index (χ1v) is 7.22. The summed E-state index contributed by atoms with van der Waals surface area (Å²) in [5, 5.41) is 12.8. The highest BCUT2D eigenvalue weighted by molar-refractivity contribution is 7.25. The van der Waals surface area contributed by atoms with Crippen LogP contribution in [0.3, 0.4) is 0 Å². The Kier molecular flexibility index (Phi) is 2.75. The second kappa shape index (κ2) is 4.29. The Balaban J connectivity index is 2.50. The third kappa shape index (κ3) is 1.52. The summed E-state index contributed by atoms with van der Waals surface area (Å²) in [6.45, 7) is 4.25. The van der Waals surface area contributed by atoms with Crippen molar-refractivity contribution in [3.05, 3.63) is 41.5 Å². The molecule has 0 atom stereocenters. The molecule has 0 saturated heterocycles. The van der Waals surface area contributed by atoms with Crippen molar-refractivity contribution in [1.29, 1.82) is 0 Å². The molecule has 0 aliphatic heterocycles. The van der Waals surface area contributed by atoms with Crippen molar-refractivity contribution in [1.82, 2.24) is 0 Å². The maximum Gasteiger partial charge on any atom is 0.128 e. The molecule has 2 heteroatoms. The molecule has 0 saturated carbocycles. The van der Waals surface area contributed by atoms with Crippen molar-refractivity contribution >= 4 is 31.5 Å². The number of rotatable bonds is 2. The fourth-order valence-corrected chi connectivity index (χ4v) is 3.84. The number of phenolic OH excluding ortho intramolecular Hbond substituents is 1. The number of phenols is 1. The second-order valence-electron chi connectivity index (χ2n) is 4.54. The molecule has 0 fully saturated rings. The molecule has 18 heavy (non-hydrogen) atoms. The second-order valence-corrected chi connectivity index (χ2v) is 5.63. The fourth-order valence-electron chi connectivity index (χ4n) is 2.67.